The van der Waals surface area contributed by atoms with Crippen LogP contribution in [0.2, 0.25) is 0 Å². The summed E-state index contributed by atoms with van der Waals surface area (Å²) in [6, 6.07) is -3.43. The van der Waals surface area contributed by atoms with Crippen molar-refractivity contribution in [1.29, 1.82) is 0 Å². The molecule has 0 spiro atoms. The SMILES string of the molecule is CCCCCCCCCCC/C=C/[N+](C(CC)C(=O)O)(C(CC)C(=O)O)C(CC)C(=O)O. The van der Waals surface area contributed by atoms with E-state index in [1.807, 2.05) is 6.08 Å². The van der Waals surface area contributed by atoms with E-state index in [2.05, 4.69) is 6.92 Å². The number of carboxylic acids is 3. The maximum atomic E-state index is 12.1. The monoisotopic (exact) mass is 456 g/mol. The Morgan fingerprint density at radius 2 is 0.969 bits per heavy atom. The Kier molecular flexibility index (Phi) is 15.7. The highest BCUT2D eigenvalue weighted by molar-refractivity contribution is 5.78. The quantitative estimate of drug-likeness (QED) is 0.157. The van der Waals surface area contributed by atoms with Crippen LogP contribution in [0, 0.1) is 0 Å². The lowest BCUT2D eigenvalue weighted by Crippen LogP contribution is -2.69. The Bertz CT molecular complexity index is 534. The average molecular weight is 457 g/mol. The zero-order valence-electron chi connectivity index (χ0n) is 20.6. The second-order valence-corrected chi connectivity index (χ2v) is 8.68. The molecule has 7 heteroatoms. The minimum atomic E-state index is -1.17. The summed E-state index contributed by atoms with van der Waals surface area (Å²) in [5.74, 6) is -3.50. The second-order valence-electron chi connectivity index (χ2n) is 8.68. The van der Waals surface area contributed by atoms with Gasteiger partial charge in [-0.1, -0.05) is 79.1 Å². The molecular formula is C25H46NO6+. The molecule has 0 saturated carbocycles. The van der Waals surface area contributed by atoms with Crippen LogP contribution < -0.4 is 0 Å². The van der Waals surface area contributed by atoms with Gasteiger partial charge in [0.1, 0.15) is 0 Å². The maximum absolute atomic E-state index is 12.1. The number of aliphatic carboxylic acids is 3. The molecule has 0 fully saturated rings. The van der Waals surface area contributed by atoms with Gasteiger partial charge in [0.15, 0.2) is 18.1 Å². The molecule has 3 atom stereocenters. The number of carboxylic acid groups (broad SMARTS) is 3. The molecule has 0 bridgehead atoms. The van der Waals surface area contributed by atoms with Gasteiger partial charge >= 0.3 is 17.9 Å². The number of nitrogens with zero attached hydrogens (tertiary/aromatic N) is 1. The zero-order chi connectivity index (χ0) is 24.6. The number of hydrogen-bond acceptors (Lipinski definition) is 3. The highest BCUT2D eigenvalue weighted by Gasteiger charge is 2.55. The topological polar surface area (TPSA) is 112 Å². The van der Waals surface area contributed by atoms with Gasteiger partial charge < -0.3 is 15.3 Å². The lowest BCUT2D eigenvalue weighted by molar-refractivity contribution is -0.927. The molecule has 0 radical (unpaired) electrons. The first-order valence-corrected chi connectivity index (χ1v) is 12.5. The van der Waals surface area contributed by atoms with E-state index in [0.717, 1.165) is 19.3 Å². The first kappa shape index (κ1) is 30.1. The van der Waals surface area contributed by atoms with E-state index in [0.29, 0.717) is 6.42 Å². The highest BCUT2D eigenvalue weighted by atomic mass is 16.4. The van der Waals surface area contributed by atoms with Gasteiger partial charge in [-0.15, -0.1) is 0 Å². The number of unbranched alkanes of at least 4 members (excludes halogenated alkanes) is 9. The largest absolute Gasteiger partial charge is 0.477 e. The molecule has 3 unspecified atom stereocenters. The predicted octanol–water partition coefficient (Wildman–Crippen LogP) is 5.83. The van der Waals surface area contributed by atoms with Crippen LogP contribution in [-0.4, -0.2) is 55.8 Å². The lowest BCUT2D eigenvalue weighted by atomic mass is 9.95. The van der Waals surface area contributed by atoms with Gasteiger partial charge in [0, 0.05) is 19.3 Å². The molecular weight excluding hydrogens is 410 g/mol. The van der Waals surface area contributed by atoms with Gasteiger partial charge in [-0.25, -0.2) is 14.4 Å². The molecule has 3 N–H and O–H groups in total. The Balaban J connectivity index is 5.49. The summed E-state index contributed by atoms with van der Waals surface area (Å²) in [6.45, 7) is 7.22. The number of rotatable bonds is 20. The number of quaternary nitrogens is 1. The number of allylic oxidation sites excluding steroid dienone is 1. The maximum Gasteiger partial charge on any atom is 0.362 e. The van der Waals surface area contributed by atoms with Crippen molar-refractivity contribution in [2.75, 3.05) is 0 Å². The van der Waals surface area contributed by atoms with E-state index in [1.54, 1.807) is 27.0 Å². The second kappa shape index (κ2) is 16.7. The van der Waals surface area contributed by atoms with Gasteiger partial charge in [0.2, 0.25) is 0 Å². The molecule has 0 aliphatic carbocycles. The first-order valence-electron chi connectivity index (χ1n) is 12.5. The summed E-state index contributed by atoms with van der Waals surface area (Å²) in [6.07, 6.45) is 15.2. The third-order valence-corrected chi connectivity index (χ3v) is 6.47. The Labute approximate surface area is 194 Å². The van der Waals surface area contributed by atoms with E-state index in [9.17, 15) is 29.7 Å². The molecule has 0 amide bonds. The Hall–Kier alpha value is -1.89. The molecule has 0 aliphatic heterocycles. The van der Waals surface area contributed by atoms with Gasteiger partial charge in [-0.3, -0.25) is 4.48 Å². The van der Waals surface area contributed by atoms with Crippen LogP contribution in [0.3, 0.4) is 0 Å². The van der Waals surface area contributed by atoms with Crippen molar-refractivity contribution in [3.8, 4) is 0 Å². The fourth-order valence-electron chi connectivity index (χ4n) is 4.84. The summed E-state index contributed by atoms with van der Waals surface area (Å²) in [5, 5.41) is 29.7. The van der Waals surface area contributed by atoms with E-state index >= 15 is 0 Å². The van der Waals surface area contributed by atoms with Crippen LogP contribution in [0.1, 0.15) is 111 Å². The third-order valence-electron chi connectivity index (χ3n) is 6.47. The van der Waals surface area contributed by atoms with Crippen molar-refractivity contribution in [2.24, 2.45) is 0 Å². The van der Waals surface area contributed by atoms with Crippen LogP contribution in [0.15, 0.2) is 12.3 Å². The van der Waals surface area contributed by atoms with Crippen molar-refractivity contribution < 1.29 is 34.2 Å². The molecule has 0 rings (SSSR count). The van der Waals surface area contributed by atoms with Gasteiger partial charge in [-0.2, -0.15) is 0 Å². The predicted molar refractivity (Wildman–Crippen MR) is 126 cm³/mol. The molecule has 0 saturated heterocycles. The average Bonchev–Trinajstić information content (AvgIpc) is 2.72. The Morgan fingerprint density at radius 3 is 1.28 bits per heavy atom. The Morgan fingerprint density at radius 1 is 0.625 bits per heavy atom. The standard InChI is InChI=1S/C25H45NO6/c1-5-9-10-11-12-13-14-15-16-17-18-19-26(20(6-2)23(27)28,21(7-3)24(29)30)22(8-4)25(31)32/h18-22H,5-17H2,1-4H3,(H2-,27,28,29,30,31,32)/p+1/b19-18+. The molecule has 0 aromatic heterocycles. The minimum absolute atomic E-state index is 0.144. The molecule has 0 aliphatic rings. The molecule has 0 aromatic rings. The van der Waals surface area contributed by atoms with E-state index in [-0.39, 0.29) is 19.3 Å². The van der Waals surface area contributed by atoms with Crippen LogP contribution in [-0.2, 0) is 14.4 Å². The van der Waals surface area contributed by atoms with Crippen LogP contribution in [0.25, 0.3) is 0 Å². The molecule has 0 aromatic carbocycles. The fraction of sp³-hybridized carbons (Fsp3) is 0.800. The van der Waals surface area contributed by atoms with Crippen molar-refractivity contribution >= 4 is 17.9 Å². The van der Waals surface area contributed by atoms with Gasteiger partial charge in [0.05, 0.1) is 6.20 Å². The summed E-state index contributed by atoms with van der Waals surface area (Å²) < 4.78 is -0.582. The number of carbonyl (C=O) groups is 3. The normalized spacial score (nSPS) is 16.4. The van der Waals surface area contributed by atoms with E-state index in [4.69, 9.17) is 0 Å². The van der Waals surface area contributed by atoms with E-state index < -0.39 is 40.5 Å². The van der Waals surface area contributed by atoms with Crippen molar-refractivity contribution in [3.05, 3.63) is 12.3 Å². The van der Waals surface area contributed by atoms with Crippen molar-refractivity contribution in [2.45, 2.75) is 129 Å². The molecule has 186 valence electrons. The lowest BCUT2D eigenvalue weighted by Gasteiger charge is -2.46. The zero-order valence-corrected chi connectivity index (χ0v) is 20.6. The molecule has 32 heavy (non-hydrogen) atoms. The van der Waals surface area contributed by atoms with Crippen molar-refractivity contribution in [3.63, 3.8) is 0 Å². The van der Waals surface area contributed by atoms with Crippen molar-refractivity contribution in [1.82, 2.24) is 0 Å². The first-order chi connectivity index (χ1) is 15.2. The summed E-state index contributed by atoms with van der Waals surface area (Å²) in [4.78, 5) is 36.4. The minimum Gasteiger partial charge on any atom is -0.477 e. The van der Waals surface area contributed by atoms with E-state index in [1.165, 1.54) is 38.5 Å². The summed E-state index contributed by atoms with van der Waals surface area (Å²) in [7, 11) is 0. The van der Waals surface area contributed by atoms with Crippen LogP contribution in [0.5, 0.6) is 0 Å². The molecule has 0 heterocycles. The van der Waals surface area contributed by atoms with Gasteiger partial charge in [-0.05, 0) is 18.9 Å². The summed E-state index contributed by atoms with van der Waals surface area (Å²) >= 11 is 0. The molecule has 7 nitrogen and oxygen atoms in total. The summed E-state index contributed by atoms with van der Waals surface area (Å²) in [5.41, 5.74) is 0. The third kappa shape index (κ3) is 8.93. The van der Waals surface area contributed by atoms with Crippen LogP contribution >= 0.6 is 0 Å². The number of hydrogen-bond donors (Lipinski definition) is 3. The van der Waals surface area contributed by atoms with Crippen LogP contribution in [0.4, 0.5) is 0 Å². The smallest absolute Gasteiger partial charge is 0.362 e. The highest BCUT2D eigenvalue weighted by Crippen LogP contribution is 2.32. The fourth-order valence-corrected chi connectivity index (χ4v) is 4.84. The van der Waals surface area contributed by atoms with Gasteiger partial charge in [0.25, 0.3) is 0 Å².